The number of ketones is 1. The summed E-state index contributed by atoms with van der Waals surface area (Å²) in [6.07, 6.45) is -8.13. The van der Waals surface area contributed by atoms with Gasteiger partial charge in [-0.15, -0.1) is 0 Å². The molecule has 0 aliphatic heterocycles. The van der Waals surface area contributed by atoms with E-state index < -0.39 is 52.2 Å². The number of carbonyl (C=O) groups is 1. The summed E-state index contributed by atoms with van der Waals surface area (Å²) in [6.45, 7) is 2.70. The molecule has 0 aromatic carbocycles. The normalized spacial score (nSPS) is 14.6. The van der Waals surface area contributed by atoms with Crippen molar-refractivity contribution >= 4 is 15.9 Å². The Balaban J connectivity index is 5.55. The maximum Gasteiger partial charge on any atom is 0.460 e. The van der Waals surface area contributed by atoms with Gasteiger partial charge in [-0.2, -0.15) is 47.9 Å². The minimum Gasteiger partial charge on any atom is -0.294 e. The molecule has 0 aliphatic rings. The van der Waals surface area contributed by atoms with Crippen LogP contribution < -0.4 is 0 Å². The summed E-state index contributed by atoms with van der Waals surface area (Å²) in [7, 11) is -6.93. The summed E-state index contributed by atoms with van der Waals surface area (Å²) < 4.78 is 138. The maximum absolute atomic E-state index is 13.1. The lowest BCUT2D eigenvalue weighted by molar-refractivity contribution is -0.382. The van der Waals surface area contributed by atoms with Gasteiger partial charge in [-0.1, -0.05) is 6.58 Å². The van der Waals surface area contributed by atoms with Crippen LogP contribution in [0, 0.1) is 0 Å². The summed E-state index contributed by atoms with van der Waals surface area (Å²) in [5, 5.41) is -6.93. The lowest BCUT2D eigenvalue weighted by Gasteiger charge is -2.32. The fourth-order valence-electron chi connectivity index (χ4n) is 1.05. The van der Waals surface area contributed by atoms with Gasteiger partial charge >= 0.3 is 33.4 Å². The van der Waals surface area contributed by atoms with E-state index in [1.165, 1.54) is 0 Å². The van der Waals surface area contributed by atoms with E-state index in [-0.39, 0.29) is 5.57 Å². The van der Waals surface area contributed by atoms with Crippen molar-refractivity contribution in [2.45, 2.75) is 36.6 Å². The smallest absolute Gasteiger partial charge is 0.294 e. The first-order chi connectivity index (χ1) is 10.3. The topological polar surface area (TPSA) is 60.4 Å². The van der Waals surface area contributed by atoms with Gasteiger partial charge in [0.2, 0.25) is 0 Å². The van der Waals surface area contributed by atoms with E-state index in [1.807, 2.05) is 0 Å². The number of alkyl halides is 9. The Kier molecular flexibility index (Phi) is 6.18. The molecule has 0 aliphatic carbocycles. The molecule has 0 rings (SSSR count). The van der Waals surface area contributed by atoms with Crippen LogP contribution in [-0.4, -0.2) is 44.1 Å². The second kappa shape index (κ2) is 6.54. The zero-order valence-corrected chi connectivity index (χ0v) is 12.4. The third-order valence-electron chi connectivity index (χ3n) is 2.47. The summed E-state index contributed by atoms with van der Waals surface area (Å²) in [4.78, 5) is 11.0. The van der Waals surface area contributed by atoms with Gasteiger partial charge in [-0.3, -0.25) is 8.98 Å². The van der Waals surface area contributed by atoms with Crippen molar-refractivity contribution in [2.75, 3.05) is 6.61 Å². The number of hydrogen-bond donors (Lipinski definition) is 0. The molecule has 0 unspecified atom stereocenters. The molecule has 0 heterocycles. The van der Waals surface area contributed by atoms with Crippen molar-refractivity contribution in [2.24, 2.45) is 0 Å². The summed E-state index contributed by atoms with van der Waals surface area (Å²) in [6, 6.07) is 0. The highest BCUT2D eigenvalue weighted by Gasteiger charge is 2.85. The summed E-state index contributed by atoms with van der Waals surface area (Å²) in [5.41, 5.74) is -0.198. The number of rotatable bonds is 8. The second-order valence-electron chi connectivity index (χ2n) is 4.39. The quantitative estimate of drug-likeness (QED) is 0.359. The number of halogens is 9. The van der Waals surface area contributed by atoms with E-state index in [4.69, 9.17) is 0 Å². The van der Waals surface area contributed by atoms with Gasteiger partial charge in [0.05, 0.1) is 6.61 Å². The van der Waals surface area contributed by atoms with Crippen molar-refractivity contribution in [3.63, 3.8) is 0 Å². The van der Waals surface area contributed by atoms with Gasteiger partial charge in [-0.05, 0) is 12.5 Å². The molecule has 0 aromatic heterocycles. The monoisotopic (exact) mass is 396 g/mol. The second-order valence-corrected chi connectivity index (χ2v) is 6.05. The molecule has 14 heteroatoms. The van der Waals surface area contributed by atoms with Gasteiger partial charge in [0, 0.05) is 6.42 Å². The Morgan fingerprint density at radius 1 is 0.958 bits per heavy atom. The van der Waals surface area contributed by atoms with Crippen LogP contribution in [0.4, 0.5) is 39.5 Å². The van der Waals surface area contributed by atoms with Crippen LogP contribution in [0.5, 0.6) is 0 Å². The van der Waals surface area contributed by atoms with Crippen molar-refractivity contribution in [1.29, 1.82) is 0 Å². The fraction of sp³-hybridized carbons (Fsp3) is 0.700. The highest BCUT2D eigenvalue weighted by molar-refractivity contribution is 7.87. The zero-order valence-electron chi connectivity index (χ0n) is 11.6. The minimum atomic E-state index is -7.37. The van der Waals surface area contributed by atoms with Crippen LogP contribution >= 0.6 is 0 Å². The molecular weight excluding hydrogens is 387 g/mol. The first-order valence-corrected chi connectivity index (χ1v) is 7.01. The van der Waals surface area contributed by atoms with Gasteiger partial charge in [0.1, 0.15) is 0 Å². The maximum atomic E-state index is 13.1. The molecule has 0 aromatic rings. The Morgan fingerprint density at radius 2 is 1.38 bits per heavy atom. The predicted molar refractivity (Wildman–Crippen MR) is 60.2 cm³/mol. The van der Waals surface area contributed by atoms with E-state index in [1.54, 1.807) is 0 Å². The highest BCUT2D eigenvalue weighted by atomic mass is 32.2. The van der Waals surface area contributed by atoms with Crippen molar-refractivity contribution < 1.29 is 56.9 Å². The molecule has 0 N–H and O–H groups in total. The lowest BCUT2D eigenvalue weighted by atomic mass is 10.1. The molecule has 0 bridgehead atoms. The van der Waals surface area contributed by atoms with Crippen molar-refractivity contribution in [3.8, 4) is 0 Å². The third-order valence-corrected chi connectivity index (χ3v) is 3.83. The Bertz CT molecular complexity index is 606. The molecule has 142 valence electrons. The molecule has 0 amide bonds. The standard InChI is InChI=1S/C10H9F9O4S/c1-5(2)6(20)3-4-23-24(21,22)10(18,19)8(13,14)7(11,12)9(15,16)17/h1,3-4H2,2H3. The number of allylic oxidation sites excluding steroid dienone is 1. The van der Waals surface area contributed by atoms with E-state index in [0.29, 0.717) is 0 Å². The summed E-state index contributed by atoms with van der Waals surface area (Å²) >= 11 is 0. The first kappa shape index (κ1) is 22.7. The van der Waals surface area contributed by atoms with Crippen LogP contribution in [-0.2, 0) is 19.1 Å². The molecule has 0 saturated heterocycles. The average molecular weight is 396 g/mol. The molecule has 0 fully saturated rings. The Labute approximate surface area is 129 Å². The van der Waals surface area contributed by atoms with Gasteiger partial charge in [0.25, 0.3) is 0 Å². The van der Waals surface area contributed by atoms with Crippen LogP contribution in [0.3, 0.4) is 0 Å². The predicted octanol–water partition coefficient (Wildman–Crippen LogP) is 3.29. The van der Waals surface area contributed by atoms with Crippen molar-refractivity contribution in [3.05, 3.63) is 12.2 Å². The average Bonchev–Trinajstić information content (AvgIpc) is 2.35. The lowest BCUT2D eigenvalue weighted by Crippen LogP contribution is -2.63. The molecule has 0 spiro atoms. The van der Waals surface area contributed by atoms with E-state index in [9.17, 15) is 52.7 Å². The number of carbonyl (C=O) groups excluding carboxylic acids is 1. The Hall–Kier alpha value is -1.31. The molecule has 0 saturated carbocycles. The van der Waals surface area contributed by atoms with E-state index in [2.05, 4.69) is 10.8 Å². The number of Topliss-reactive ketones (excluding diaryl/α,β-unsaturated/α-hetero) is 1. The molecule has 0 atom stereocenters. The number of hydrogen-bond acceptors (Lipinski definition) is 4. The first-order valence-electron chi connectivity index (χ1n) is 5.60. The van der Waals surface area contributed by atoms with Gasteiger partial charge < -0.3 is 0 Å². The molecular formula is C10H9F9O4S. The highest BCUT2D eigenvalue weighted by Crippen LogP contribution is 2.54. The van der Waals surface area contributed by atoms with Crippen LogP contribution in [0.2, 0.25) is 0 Å². The SMILES string of the molecule is C=C(C)C(=O)CCOS(=O)(=O)C(F)(F)C(F)(F)C(F)(F)C(F)(F)F. The molecule has 0 radical (unpaired) electrons. The van der Waals surface area contributed by atoms with Gasteiger partial charge in [0.15, 0.2) is 5.78 Å². The summed E-state index contributed by atoms with van der Waals surface area (Å²) in [5.74, 6) is -15.7. The Morgan fingerprint density at radius 3 is 1.71 bits per heavy atom. The molecule has 24 heavy (non-hydrogen) atoms. The minimum absolute atomic E-state index is 0.198. The largest absolute Gasteiger partial charge is 0.460 e. The van der Waals surface area contributed by atoms with Crippen molar-refractivity contribution in [1.82, 2.24) is 0 Å². The molecule has 4 nitrogen and oxygen atoms in total. The van der Waals surface area contributed by atoms with Crippen LogP contribution in [0.25, 0.3) is 0 Å². The fourth-order valence-corrected chi connectivity index (χ4v) is 1.94. The van der Waals surface area contributed by atoms with Crippen LogP contribution in [0.15, 0.2) is 12.2 Å². The van der Waals surface area contributed by atoms with Gasteiger partial charge in [-0.25, -0.2) is 0 Å². The zero-order chi connectivity index (χ0) is 19.8. The van der Waals surface area contributed by atoms with Crippen LogP contribution in [0.1, 0.15) is 13.3 Å². The van der Waals surface area contributed by atoms with E-state index >= 15 is 0 Å². The third kappa shape index (κ3) is 3.84. The van der Waals surface area contributed by atoms with E-state index in [0.717, 1.165) is 6.92 Å².